The van der Waals surface area contributed by atoms with E-state index < -0.39 is 142 Å². The Bertz CT molecular complexity index is 5410. The SMILES string of the molecule is C=CCCC[C@@H]1C[C@H]1OC(=O)C[C@H](C(=O)N1C[C@H](Oc2nc3cc(OC)ccc3nc2Cl)[C@@H](CC(C)C)[C@H]1C(=O)OC(C)(C)C)C(C)(C)C.CC(C)C[C@H]1[C@@H](C(=O)OC(C)(C)C)N(C(=O)OC(C)(C)C)C[C@@H]1O.COc1ccc2nc(Cl)c(O[C@H]3CN(C(=O)OC(C)(C)C)[C@H](C(=O)OC(C)(C)C)[C@@H]3CC(C)C)nc2c1.COc1ccc2nc(Cl)c(O[C@H]3CN[C@H](C(=O)OC(C)(C)C)[C@@H]3CC(C)C)nc2c1.Cl.[B]B([B])B([B])[B]. The molecule has 42 heteroatoms. The Hall–Kier alpha value is -8.95. The van der Waals surface area contributed by atoms with Gasteiger partial charge in [-0.2, -0.15) is 0 Å². The third-order valence-corrected chi connectivity index (χ3v) is 24.6. The molecule has 2 N–H and O–H groups in total. The van der Waals surface area contributed by atoms with E-state index in [2.05, 4.69) is 83.3 Å². The number of nitrogens with one attached hydrogen (secondary N) is 1. The Morgan fingerprint density at radius 1 is 0.449 bits per heavy atom. The maximum Gasteiger partial charge on any atom is 0.411 e. The zero-order chi connectivity index (χ0) is 110. The van der Waals surface area contributed by atoms with Gasteiger partial charge in [0.25, 0.3) is 17.6 Å². The second-order valence-electron chi connectivity index (χ2n) is 46.9. The number of carbonyl (C=O) groups excluding carboxylic acids is 8. The topological polar surface area (TPSA) is 376 Å². The number of rotatable bonds is 30. The van der Waals surface area contributed by atoms with Crippen LogP contribution >= 0.6 is 47.2 Å². The molecule has 1 saturated carbocycles. The number of fused-ring (bicyclic) bond motifs is 3. The number of allylic oxidation sites excluding steroid dienone is 1. The molecule has 32 nitrogen and oxygen atoms in total. The standard InChI is InChI=1S/C38H54ClN3O7.C27H38ClN3O6.C22H30ClN3O4.C18H33NO5.B6.ClH/c1-11-12-13-14-23-18-29(23)47-31(43)20-26(37(4,5)6)35(44)42-21-30(25(17-22(2)3)32(42)36(45)49-38(7,8)9)48-34-33(39)40-27-16-15-24(46-10)19-28(27)41-34;1-15(2)12-17-20(35-23-22(28)29-18-11-10-16(34-9)13-19(18)30-23)14-31(25(33)37-27(6,7)8)21(17)24(32)36-26(3,4)5;1-12(2)9-14-17(11-24-18(14)21(27)30-22(3,4)5)29-20-19(23)25-15-8-7-13(28-6)10-16(15)26-20;1-11(2)9-12-13(20)10-19(16(22)24-18(6,7)8)14(12)15(21)23-17(3,4)5;1-5(2)6(3)4;/h11,15-16,19,22-23,25-26,29-30,32H,1,12-14,17-18,20-21H2,2-10H3;10-11,13,15,17,20-21H,12,14H2,1-9H3;7-8,10,12,14,17-18,24H,9,11H2,1-6H3;11-14,20H,9-10H2,1-8H3;;1H/t23-,25-,26-,29-,30+,32+;17-,20+,21+;14-,17+,18+;12-,13+,14+;;/m1111../s1. The highest BCUT2D eigenvalue weighted by molar-refractivity contribution is 7.76. The molecule has 5 fully saturated rings. The molecule has 4 aliphatic heterocycles. The summed E-state index contributed by atoms with van der Waals surface area (Å²) < 4.78 is 74.6. The highest BCUT2D eigenvalue weighted by atomic mass is 35.5. The van der Waals surface area contributed by atoms with E-state index in [1.807, 2.05) is 61.5 Å². The third-order valence-electron chi connectivity index (χ3n) is 23.8. The van der Waals surface area contributed by atoms with Crippen LogP contribution in [0.15, 0.2) is 67.3 Å². The highest BCUT2D eigenvalue weighted by Crippen LogP contribution is 2.45. The first kappa shape index (κ1) is 127. The fourth-order valence-electron chi connectivity index (χ4n) is 17.5. The van der Waals surface area contributed by atoms with Gasteiger partial charge in [0.2, 0.25) is 5.91 Å². The Labute approximate surface area is 897 Å². The predicted octanol–water partition coefficient (Wildman–Crippen LogP) is 18.4. The molecule has 5 aliphatic rings. The van der Waals surface area contributed by atoms with Crippen LogP contribution in [0.3, 0.4) is 0 Å². The molecule has 0 unspecified atom stereocenters. The first-order valence-electron chi connectivity index (χ1n) is 50.4. The van der Waals surface area contributed by atoms with Gasteiger partial charge in [-0.05, 0) is 247 Å². The maximum atomic E-state index is 14.7. The highest BCUT2D eigenvalue weighted by Gasteiger charge is 2.57. The molecule has 11 rings (SSSR count). The third kappa shape index (κ3) is 39.3. The summed E-state index contributed by atoms with van der Waals surface area (Å²) in [6.45, 7) is 59.2. The number of carbonyl (C=O) groups is 8. The van der Waals surface area contributed by atoms with Crippen LogP contribution in [-0.2, 0) is 61.9 Å². The second-order valence-corrected chi connectivity index (χ2v) is 47.9. The summed E-state index contributed by atoms with van der Waals surface area (Å²) in [6, 6.07) is 12.8. The minimum absolute atomic E-state index is 0. The van der Waals surface area contributed by atoms with Crippen LogP contribution in [0, 0.1) is 64.6 Å². The van der Waals surface area contributed by atoms with E-state index in [1.165, 1.54) is 9.80 Å². The number of unbranched alkanes of at least 4 members (excludes halogenated alkanes) is 1. The number of aliphatic hydroxyl groups is 1. The van der Waals surface area contributed by atoms with Gasteiger partial charge >= 0.3 is 42.0 Å². The number of β-amino-alcohol motifs (C(OH)–C–C–N with tert-alkyl or cyclic N) is 1. The molecule has 4 saturated heterocycles. The lowest BCUT2D eigenvalue weighted by atomic mass is 8.81. The van der Waals surface area contributed by atoms with E-state index >= 15 is 0 Å². The number of esters is 5. The van der Waals surface area contributed by atoms with E-state index in [-0.39, 0.29) is 131 Å². The van der Waals surface area contributed by atoms with Gasteiger partial charge in [-0.3, -0.25) is 24.2 Å². The summed E-state index contributed by atoms with van der Waals surface area (Å²) in [4.78, 5) is 138. The minimum Gasteiger partial charge on any atom is -0.497 e. The molecule has 1 aliphatic carbocycles. The zero-order valence-corrected chi connectivity index (χ0v) is 95.3. The molecule has 3 aromatic heterocycles. The monoisotopic (exact) mass is 2120 g/mol. The van der Waals surface area contributed by atoms with Crippen LogP contribution < -0.4 is 33.7 Å². The van der Waals surface area contributed by atoms with Gasteiger partial charge in [-0.15, -0.1) is 19.0 Å². The molecule has 147 heavy (non-hydrogen) atoms. The molecule has 804 valence electrons. The van der Waals surface area contributed by atoms with E-state index in [0.717, 1.165) is 32.1 Å². The predicted molar refractivity (Wildman–Crippen MR) is 580 cm³/mol. The van der Waals surface area contributed by atoms with Crippen molar-refractivity contribution in [1.82, 2.24) is 49.9 Å². The van der Waals surface area contributed by atoms with Crippen molar-refractivity contribution in [3.05, 3.63) is 82.7 Å². The van der Waals surface area contributed by atoms with Crippen molar-refractivity contribution in [2.75, 3.05) is 47.5 Å². The van der Waals surface area contributed by atoms with Crippen molar-refractivity contribution < 1.29 is 105 Å². The Morgan fingerprint density at radius 2 is 0.776 bits per heavy atom. The number of aromatic nitrogens is 6. The van der Waals surface area contributed by atoms with E-state index in [4.69, 9.17) is 127 Å². The van der Waals surface area contributed by atoms with Crippen LogP contribution in [-0.4, -0.2) is 277 Å². The average Bonchev–Trinajstić information content (AvgIpc) is 1.63. The largest absolute Gasteiger partial charge is 0.497 e. The van der Waals surface area contributed by atoms with Crippen molar-refractivity contribution >= 4 is 172 Å². The fourth-order valence-corrected chi connectivity index (χ4v) is 18.1. The summed E-state index contributed by atoms with van der Waals surface area (Å²) in [6.07, 6.45) is 3.35. The van der Waals surface area contributed by atoms with Gasteiger partial charge in [0.15, 0.2) is 15.5 Å². The number of hydrogen-bond acceptors (Lipinski definition) is 29. The molecule has 7 heterocycles. The number of amides is 3. The fraction of sp³-hybridized carbons (Fsp3) is 0.676. The quantitative estimate of drug-likeness (QED) is 0.0139. The van der Waals surface area contributed by atoms with Gasteiger partial charge in [-0.1, -0.05) is 117 Å². The lowest BCUT2D eigenvalue weighted by Gasteiger charge is -2.36. The second kappa shape index (κ2) is 53.8. The van der Waals surface area contributed by atoms with Gasteiger partial charge in [0.1, 0.15) is 99.4 Å². The summed E-state index contributed by atoms with van der Waals surface area (Å²) in [7, 11) is 24.6. The smallest absolute Gasteiger partial charge is 0.411 e. The average molecular weight is 2120 g/mol. The lowest BCUT2D eigenvalue weighted by molar-refractivity contribution is -0.167. The molecule has 3 aromatic carbocycles. The van der Waals surface area contributed by atoms with Gasteiger partial charge in [0.05, 0.1) is 92.5 Å². The molecule has 15 atom stereocenters. The first-order chi connectivity index (χ1) is 67.4. The summed E-state index contributed by atoms with van der Waals surface area (Å²) in [5.41, 5.74) is -1.24. The number of benzene rings is 3. The van der Waals surface area contributed by atoms with Crippen molar-refractivity contribution in [1.29, 1.82) is 0 Å². The van der Waals surface area contributed by atoms with Crippen molar-refractivity contribution in [2.45, 2.75) is 347 Å². The number of methoxy groups -OCH3 is 3. The Morgan fingerprint density at radius 3 is 1.12 bits per heavy atom. The zero-order valence-electron chi connectivity index (χ0n) is 92.2. The van der Waals surface area contributed by atoms with Crippen molar-refractivity contribution in [3.8, 4) is 34.9 Å². The minimum atomic E-state index is -0.954. The molecule has 8 radical (unpaired) electrons. The normalized spacial score (nSPS) is 21.6. The van der Waals surface area contributed by atoms with E-state index in [1.54, 1.807) is 185 Å². The van der Waals surface area contributed by atoms with Crippen molar-refractivity contribution in [2.24, 2.45) is 64.6 Å². The van der Waals surface area contributed by atoms with Crippen LogP contribution in [0.4, 0.5) is 9.59 Å². The van der Waals surface area contributed by atoms with E-state index in [9.17, 15) is 43.5 Å². The number of ether oxygens (including phenoxy) is 13. The first-order valence-corrected chi connectivity index (χ1v) is 51.5. The van der Waals surface area contributed by atoms with Crippen LogP contribution in [0.25, 0.3) is 33.1 Å². The number of hydrogen-bond donors (Lipinski definition) is 2. The Kier molecular flexibility index (Phi) is 46.4. The molecule has 0 bridgehead atoms. The number of nitrogens with zero attached hydrogens (tertiary/aromatic N) is 9. The molecular formula is C105H156B6Cl4N10O22. The van der Waals surface area contributed by atoms with E-state index in [0.29, 0.717) is 88.0 Å². The number of halogens is 4. The van der Waals surface area contributed by atoms with Crippen LogP contribution in [0.2, 0.25) is 15.5 Å². The molecule has 3 amide bonds. The van der Waals surface area contributed by atoms with Crippen molar-refractivity contribution in [3.63, 3.8) is 0 Å². The molecule has 0 spiro atoms. The lowest BCUT2D eigenvalue weighted by Crippen LogP contribution is -2.50. The summed E-state index contributed by atoms with van der Waals surface area (Å²) in [5, 5.41) is 14.0. The molecule has 6 aromatic rings. The maximum absolute atomic E-state index is 14.7. The van der Waals surface area contributed by atoms with Gasteiger partial charge < -0.3 is 76.9 Å². The summed E-state index contributed by atoms with van der Waals surface area (Å²) >= 11 is 19.4. The number of likely N-dealkylation sites (tertiary alicyclic amines) is 3. The van der Waals surface area contributed by atoms with Crippen LogP contribution in [0.1, 0.15) is 259 Å². The van der Waals surface area contributed by atoms with Crippen LogP contribution in [0.5, 0.6) is 34.9 Å². The molecular weight excluding hydrogens is 1960 g/mol. The number of aliphatic hydroxyl groups excluding tert-OH is 1. The summed E-state index contributed by atoms with van der Waals surface area (Å²) in [5.74, 6) is -0.761. The van der Waals surface area contributed by atoms with Gasteiger partial charge in [-0.25, -0.2) is 53.9 Å². The van der Waals surface area contributed by atoms with Gasteiger partial charge in [0, 0.05) is 92.1 Å². The Balaban J connectivity index is 0.000000302.